The number of aromatic nitrogens is 4. The Kier molecular flexibility index (Phi) is 6.93. The molecule has 2 aromatic heterocycles. The average molecular weight is 667 g/mol. The maximum absolute atomic E-state index is 5.67. The number of rotatable bonds is 6. The van der Waals surface area contributed by atoms with Crippen LogP contribution in [0.2, 0.25) is 13.1 Å². The van der Waals surface area contributed by atoms with E-state index in [0.717, 1.165) is 50.0 Å². The van der Waals surface area contributed by atoms with Crippen molar-refractivity contribution in [3.8, 4) is 62.5 Å². The third kappa shape index (κ3) is 4.58. The zero-order valence-electron chi connectivity index (χ0n) is 28.3. The first-order valence-electron chi connectivity index (χ1n) is 16.8. The van der Waals surface area contributed by atoms with Gasteiger partial charge in [-0.25, -0.2) is 15.0 Å². The van der Waals surface area contributed by atoms with Crippen molar-refractivity contribution < 1.29 is 9.47 Å². The van der Waals surface area contributed by atoms with Gasteiger partial charge >= 0.3 is 0 Å². The SMILES string of the molecule is COc1ccc2c(c1)c1cc(OC)ccc1n2-c1cccc2c1[Si](C)(C)c1c(-c3nc(-c4ccccc4)nc(-c4ccccc4)n3)cccc1-2. The summed E-state index contributed by atoms with van der Waals surface area (Å²) in [5.74, 6) is 3.68. The van der Waals surface area contributed by atoms with Crippen molar-refractivity contribution in [1.29, 1.82) is 0 Å². The van der Waals surface area contributed by atoms with Crippen molar-refractivity contribution in [2.75, 3.05) is 14.2 Å². The van der Waals surface area contributed by atoms with E-state index in [1.54, 1.807) is 14.2 Å². The molecule has 50 heavy (non-hydrogen) atoms. The van der Waals surface area contributed by atoms with Gasteiger partial charge in [0.15, 0.2) is 17.5 Å². The fourth-order valence-corrected chi connectivity index (χ4v) is 11.5. The summed E-state index contributed by atoms with van der Waals surface area (Å²) in [5, 5.41) is 4.99. The highest BCUT2D eigenvalue weighted by Crippen LogP contribution is 2.40. The molecule has 0 atom stereocenters. The van der Waals surface area contributed by atoms with Crippen molar-refractivity contribution in [2.24, 2.45) is 0 Å². The third-order valence-corrected chi connectivity index (χ3v) is 13.6. The van der Waals surface area contributed by atoms with E-state index in [1.807, 2.05) is 48.5 Å². The summed E-state index contributed by atoms with van der Waals surface area (Å²) >= 11 is 0. The third-order valence-electron chi connectivity index (χ3n) is 10.0. The number of fused-ring (bicyclic) bond motifs is 6. The molecule has 0 spiro atoms. The van der Waals surface area contributed by atoms with Gasteiger partial charge in [-0.3, -0.25) is 0 Å². The lowest BCUT2D eigenvalue weighted by atomic mass is 10.0. The maximum Gasteiger partial charge on any atom is 0.164 e. The summed E-state index contributed by atoms with van der Waals surface area (Å²) in [5.41, 5.74) is 8.96. The summed E-state index contributed by atoms with van der Waals surface area (Å²) in [4.78, 5) is 15.3. The molecule has 1 aliphatic rings. The van der Waals surface area contributed by atoms with Gasteiger partial charge in [-0.15, -0.1) is 0 Å². The Bertz CT molecular complexity index is 2480. The summed E-state index contributed by atoms with van der Waals surface area (Å²) in [6.45, 7) is 4.92. The summed E-state index contributed by atoms with van der Waals surface area (Å²) < 4.78 is 13.8. The van der Waals surface area contributed by atoms with E-state index in [1.165, 1.54) is 27.2 Å². The van der Waals surface area contributed by atoms with Gasteiger partial charge in [0, 0.05) is 33.2 Å². The number of nitrogens with zero attached hydrogens (tertiary/aromatic N) is 4. The van der Waals surface area contributed by atoms with E-state index in [0.29, 0.717) is 17.5 Å². The summed E-state index contributed by atoms with van der Waals surface area (Å²) in [6, 6.07) is 46.4. The molecule has 9 rings (SSSR count). The smallest absolute Gasteiger partial charge is 0.164 e. The van der Waals surface area contributed by atoms with Gasteiger partial charge < -0.3 is 14.0 Å². The molecule has 0 aliphatic carbocycles. The van der Waals surface area contributed by atoms with Crippen molar-refractivity contribution in [1.82, 2.24) is 19.5 Å². The molecule has 7 heteroatoms. The predicted molar refractivity (Wildman–Crippen MR) is 206 cm³/mol. The molecule has 0 bridgehead atoms. The van der Waals surface area contributed by atoms with E-state index in [2.05, 4.69) is 103 Å². The molecule has 0 fully saturated rings. The van der Waals surface area contributed by atoms with Crippen LogP contribution in [0.15, 0.2) is 133 Å². The van der Waals surface area contributed by atoms with Crippen LogP contribution in [0.5, 0.6) is 11.5 Å². The fraction of sp³-hybridized carbons (Fsp3) is 0.0930. The first kappa shape index (κ1) is 30.0. The lowest BCUT2D eigenvalue weighted by molar-refractivity contribution is 0.415. The van der Waals surface area contributed by atoms with Gasteiger partial charge in [0.25, 0.3) is 0 Å². The lowest BCUT2D eigenvalue weighted by Gasteiger charge is -2.25. The topological polar surface area (TPSA) is 62.1 Å². The Morgan fingerprint density at radius 3 is 1.50 bits per heavy atom. The normalized spacial score (nSPS) is 13.0. The Morgan fingerprint density at radius 2 is 0.960 bits per heavy atom. The molecule has 0 saturated carbocycles. The molecular weight excluding hydrogens is 633 g/mol. The Balaban J connectivity index is 1.28. The van der Waals surface area contributed by atoms with Crippen LogP contribution in [0.1, 0.15) is 0 Å². The highest BCUT2D eigenvalue weighted by molar-refractivity contribution is 7.05. The molecule has 1 aliphatic heterocycles. The van der Waals surface area contributed by atoms with Gasteiger partial charge in [-0.2, -0.15) is 0 Å². The number of benzene rings is 6. The molecule has 3 heterocycles. The predicted octanol–water partition coefficient (Wildman–Crippen LogP) is 8.79. The number of hydrogen-bond donors (Lipinski definition) is 0. The number of hydrogen-bond acceptors (Lipinski definition) is 5. The Morgan fingerprint density at radius 1 is 0.480 bits per heavy atom. The van der Waals surface area contributed by atoms with E-state index >= 15 is 0 Å². The van der Waals surface area contributed by atoms with Crippen molar-refractivity contribution >= 4 is 40.3 Å². The molecule has 0 saturated heterocycles. The lowest BCUT2D eigenvalue weighted by Crippen LogP contribution is -2.51. The van der Waals surface area contributed by atoms with Crippen LogP contribution in [0, 0.1) is 0 Å². The second-order valence-electron chi connectivity index (χ2n) is 13.2. The van der Waals surface area contributed by atoms with Crippen LogP contribution in [0.3, 0.4) is 0 Å². The van der Waals surface area contributed by atoms with Gasteiger partial charge in [0.1, 0.15) is 19.6 Å². The van der Waals surface area contributed by atoms with Crippen LogP contribution >= 0.6 is 0 Å². The molecule has 6 nitrogen and oxygen atoms in total. The highest BCUT2D eigenvalue weighted by atomic mass is 28.3. The van der Waals surface area contributed by atoms with Crippen molar-refractivity contribution in [3.63, 3.8) is 0 Å². The molecule has 6 aromatic carbocycles. The molecule has 242 valence electrons. The minimum atomic E-state index is -2.38. The molecule has 8 aromatic rings. The fourth-order valence-electron chi connectivity index (χ4n) is 7.79. The zero-order chi connectivity index (χ0) is 34.0. The molecule has 0 N–H and O–H groups in total. The molecule has 0 radical (unpaired) electrons. The second-order valence-corrected chi connectivity index (χ2v) is 17.4. The van der Waals surface area contributed by atoms with Crippen LogP contribution in [-0.4, -0.2) is 41.8 Å². The van der Waals surface area contributed by atoms with Gasteiger partial charge in [0.05, 0.1) is 25.3 Å². The van der Waals surface area contributed by atoms with E-state index in [9.17, 15) is 0 Å². The van der Waals surface area contributed by atoms with Crippen molar-refractivity contribution in [2.45, 2.75) is 13.1 Å². The summed E-state index contributed by atoms with van der Waals surface area (Å²) in [7, 11) is 1.04. The standard InChI is InChI=1S/C43H34N4O2Si/c1-48-29-21-23-36-34(25-29)35-26-30(49-2)22-24-37(35)47(36)38-20-12-18-32-31-17-11-19-33(39(31)50(3,4)40(32)38)43-45-41(27-13-7-5-8-14-27)44-42(46-43)28-15-9-6-10-16-28/h5-26H,1-4H3. The Hall–Kier alpha value is -6.05. The average Bonchev–Trinajstić information content (AvgIpc) is 3.62. The van der Waals surface area contributed by atoms with Gasteiger partial charge in [-0.1, -0.05) is 104 Å². The Labute approximate surface area is 291 Å². The van der Waals surface area contributed by atoms with Crippen LogP contribution in [0.4, 0.5) is 0 Å². The quantitative estimate of drug-likeness (QED) is 0.166. The molecule has 0 unspecified atom stereocenters. The van der Waals surface area contributed by atoms with Crippen LogP contribution < -0.4 is 19.8 Å². The second kappa shape index (κ2) is 11.5. The maximum atomic E-state index is 5.67. The minimum Gasteiger partial charge on any atom is -0.497 e. The molecular formula is C43H34N4O2Si. The monoisotopic (exact) mass is 666 g/mol. The van der Waals surface area contributed by atoms with E-state index in [4.69, 9.17) is 24.4 Å². The first-order chi connectivity index (χ1) is 24.5. The zero-order valence-corrected chi connectivity index (χ0v) is 29.3. The first-order valence-corrected chi connectivity index (χ1v) is 19.8. The largest absolute Gasteiger partial charge is 0.497 e. The number of methoxy groups -OCH3 is 2. The van der Waals surface area contributed by atoms with E-state index in [-0.39, 0.29) is 0 Å². The van der Waals surface area contributed by atoms with Crippen LogP contribution in [-0.2, 0) is 0 Å². The molecule has 0 amide bonds. The minimum absolute atomic E-state index is 0.666. The van der Waals surface area contributed by atoms with Crippen LogP contribution in [0.25, 0.3) is 72.8 Å². The van der Waals surface area contributed by atoms with E-state index < -0.39 is 8.07 Å². The summed E-state index contributed by atoms with van der Waals surface area (Å²) in [6.07, 6.45) is 0. The van der Waals surface area contributed by atoms with Gasteiger partial charge in [-0.05, 0) is 64.0 Å². The number of ether oxygens (including phenoxy) is 2. The van der Waals surface area contributed by atoms with Crippen molar-refractivity contribution in [3.05, 3.63) is 133 Å². The highest BCUT2D eigenvalue weighted by Gasteiger charge is 2.42. The van der Waals surface area contributed by atoms with Gasteiger partial charge in [0.2, 0.25) is 0 Å².